The topological polar surface area (TPSA) is 61.5 Å². The minimum Gasteiger partial charge on any atom is -0.432 e. The SMILES string of the molecule is C=CCN(CCO)c1nc(CNC(C)(C)C)co1. The van der Waals surface area contributed by atoms with Crippen molar-refractivity contribution < 1.29 is 9.52 Å². The lowest BCUT2D eigenvalue weighted by Crippen LogP contribution is -2.35. The fourth-order valence-electron chi connectivity index (χ4n) is 1.42. The van der Waals surface area contributed by atoms with Gasteiger partial charge in [0.15, 0.2) is 0 Å². The second kappa shape index (κ2) is 6.56. The maximum atomic E-state index is 8.98. The van der Waals surface area contributed by atoms with E-state index in [9.17, 15) is 0 Å². The number of aromatic nitrogens is 1. The van der Waals surface area contributed by atoms with Crippen molar-refractivity contribution in [3.05, 3.63) is 24.6 Å². The van der Waals surface area contributed by atoms with Gasteiger partial charge in [-0.1, -0.05) is 6.08 Å². The van der Waals surface area contributed by atoms with Gasteiger partial charge < -0.3 is 19.7 Å². The number of nitrogens with zero attached hydrogens (tertiary/aromatic N) is 2. The van der Waals surface area contributed by atoms with Gasteiger partial charge in [-0.2, -0.15) is 4.98 Å². The summed E-state index contributed by atoms with van der Waals surface area (Å²) in [6.45, 7) is 11.8. The molecule has 1 heterocycles. The molecule has 0 aromatic carbocycles. The number of hydrogen-bond acceptors (Lipinski definition) is 5. The molecule has 0 saturated carbocycles. The molecule has 0 spiro atoms. The third-order valence-electron chi connectivity index (χ3n) is 2.33. The zero-order valence-electron chi connectivity index (χ0n) is 11.4. The smallest absolute Gasteiger partial charge is 0.297 e. The lowest BCUT2D eigenvalue weighted by atomic mass is 10.1. The monoisotopic (exact) mass is 253 g/mol. The number of aliphatic hydroxyl groups is 1. The van der Waals surface area contributed by atoms with Crippen molar-refractivity contribution in [3.63, 3.8) is 0 Å². The Kier molecular flexibility index (Phi) is 5.37. The first-order valence-electron chi connectivity index (χ1n) is 6.12. The van der Waals surface area contributed by atoms with Crippen LogP contribution in [0.1, 0.15) is 26.5 Å². The predicted octanol–water partition coefficient (Wildman–Crippen LogP) is 1.55. The van der Waals surface area contributed by atoms with E-state index in [-0.39, 0.29) is 12.1 Å². The van der Waals surface area contributed by atoms with Crippen LogP contribution < -0.4 is 10.2 Å². The van der Waals surface area contributed by atoms with Gasteiger partial charge in [0.2, 0.25) is 0 Å². The predicted molar refractivity (Wildman–Crippen MR) is 72.6 cm³/mol. The van der Waals surface area contributed by atoms with Gasteiger partial charge in [-0.25, -0.2) is 0 Å². The highest BCUT2D eigenvalue weighted by Gasteiger charge is 2.13. The lowest BCUT2D eigenvalue weighted by molar-refractivity contribution is 0.300. The third-order valence-corrected chi connectivity index (χ3v) is 2.33. The highest BCUT2D eigenvalue weighted by Crippen LogP contribution is 2.14. The molecule has 0 saturated heterocycles. The van der Waals surface area contributed by atoms with Crippen LogP contribution in [0.15, 0.2) is 23.3 Å². The quantitative estimate of drug-likeness (QED) is 0.722. The molecule has 0 radical (unpaired) electrons. The molecule has 0 bridgehead atoms. The van der Waals surface area contributed by atoms with Gasteiger partial charge in [0.05, 0.1) is 12.3 Å². The lowest BCUT2D eigenvalue weighted by Gasteiger charge is -2.19. The maximum absolute atomic E-state index is 8.98. The summed E-state index contributed by atoms with van der Waals surface area (Å²) in [6.07, 6.45) is 3.40. The van der Waals surface area contributed by atoms with E-state index in [1.165, 1.54) is 0 Å². The molecule has 1 rings (SSSR count). The van der Waals surface area contributed by atoms with E-state index >= 15 is 0 Å². The highest BCUT2D eigenvalue weighted by molar-refractivity contribution is 5.28. The molecule has 0 amide bonds. The molecule has 5 nitrogen and oxygen atoms in total. The van der Waals surface area contributed by atoms with Crippen LogP contribution in [-0.2, 0) is 6.54 Å². The van der Waals surface area contributed by atoms with Crippen molar-refractivity contribution in [1.29, 1.82) is 0 Å². The standard InChI is InChI=1S/C13H23N3O2/c1-5-6-16(7-8-17)12-15-11(10-18-12)9-14-13(2,3)4/h5,10,14,17H,1,6-9H2,2-4H3. The number of rotatable bonds is 7. The van der Waals surface area contributed by atoms with E-state index in [0.717, 1.165) is 5.69 Å². The minimum absolute atomic E-state index is 0.0466. The largest absolute Gasteiger partial charge is 0.432 e. The number of aliphatic hydroxyl groups excluding tert-OH is 1. The van der Waals surface area contributed by atoms with Crippen molar-refractivity contribution in [2.45, 2.75) is 32.9 Å². The molecule has 0 aliphatic heterocycles. The van der Waals surface area contributed by atoms with Crippen LogP contribution in [0.3, 0.4) is 0 Å². The summed E-state index contributed by atoms with van der Waals surface area (Å²) < 4.78 is 5.41. The van der Waals surface area contributed by atoms with Crippen LogP contribution in [-0.4, -0.2) is 35.3 Å². The summed E-state index contributed by atoms with van der Waals surface area (Å²) in [6, 6.07) is 0.523. The van der Waals surface area contributed by atoms with E-state index in [0.29, 0.717) is 25.6 Å². The molecule has 102 valence electrons. The molecule has 5 heteroatoms. The summed E-state index contributed by atoms with van der Waals surface area (Å²) >= 11 is 0. The molecule has 1 aromatic heterocycles. The van der Waals surface area contributed by atoms with E-state index in [4.69, 9.17) is 9.52 Å². The summed E-state index contributed by atoms with van der Waals surface area (Å²) in [4.78, 5) is 6.23. The van der Waals surface area contributed by atoms with Crippen LogP contribution in [0.4, 0.5) is 6.01 Å². The van der Waals surface area contributed by atoms with Gasteiger partial charge in [0, 0.05) is 25.2 Å². The van der Waals surface area contributed by atoms with Gasteiger partial charge in [-0.15, -0.1) is 6.58 Å². The first-order chi connectivity index (χ1) is 8.46. The van der Waals surface area contributed by atoms with Crippen LogP contribution in [0, 0.1) is 0 Å². The molecule has 18 heavy (non-hydrogen) atoms. The Labute approximate surface area is 109 Å². The van der Waals surface area contributed by atoms with Gasteiger partial charge >= 0.3 is 0 Å². The van der Waals surface area contributed by atoms with Crippen molar-refractivity contribution in [2.24, 2.45) is 0 Å². The van der Waals surface area contributed by atoms with Gasteiger partial charge in [-0.3, -0.25) is 0 Å². The Bertz CT molecular complexity index is 369. The maximum Gasteiger partial charge on any atom is 0.297 e. The molecule has 0 aliphatic rings. The van der Waals surface area contributed by atoms with Crippen LogP contribution in [0.25, 0.3) is 0 Å². The molecular formula is C13H23N3O2. The van der Waals surface area contributed by atoms with Crippen LogP contribution in [0.2, 0.25) is 0 Å². The molecule has 0 atom stereocenters. The molecule has 0 unspecified atom stereocenters. The van der Waals surface area contributed by atoms with Crippen molar-refractivity contribution in [3.8, 4) is 0 Å². The van der Waals surface area contributed by atoms with Crippen LogP contribution >= 0.6 is 0 Å². The Morgan fingerprint density at radius 1 is 1.56 bits per heavy atom. The molecule has 2 N–H and O–H groups in total. The molecule has 1 aromatic rings. The number of nitrogens with one attached hydrogen (secondary N) is 1. The summed E-state index contributed by atoms with van der Waals surface area (Å²) in [7, 11) is 0. The minimum atomic E-state index is 0.0466. The Morgan fingerprint density at radius 3 is 2.83 bits per heavy atom. The zero-order chi connectivity index (χ0) is 13.6. The Hall–Kier alpha value is -1.33. The van der Waals surface area contributed by atoms with Crippen molar-refractivity contribution in [2.75, 3.05) is 24.6 Å². The fourth-order valence-corrected chi connectivity index (χ4v) is 1.42. The summed E-state index contributed by atoms with van der Waals surface area (Å²) in [5.41, 5.74) is 0.900. The van der Waals surface area contributed by atoms with E-state index in [2.05, 4.69) is 37.7 Å². The van der Waals surface area contributed by atoms with Gasteiger partial charge in [-0.05, 0) is 20.8 Å². The van der Waals surface area contributed by atoms with E-state index in [1.807, 2.05) is 4.90 Å². The highest BCUT2D eigenvalue weighted by atomic mass is 16.4. The second-order valence-corrected chi connectivity index (χ2v) is 5.18. The molecule has 0 aliphatic carbocycles. The summed E-state index contributed by atoms with van der Waals surface area (Å²) in [5.74, 6) is 0. The number of oxazole rings is 1. The van der Waals surface area contributed by atoms with Gasteiger partial charge in [0.1, 0.15) is 6.26 Å². The first kappa shape index (κ1) is 14.7. The third kappa shape index (κ3) is 4.89. The zero-order valence-corrected chi connectivity index (χ0v) is 11.4. The molecular weight excluding hydrogens is 230 g/mol. The number of anilines is 1. The molecule has 0 fully saturated rings. The Morgan fingerprint density at radius 2 is 2.28 bits per heavy atom. The van der Waals surface area contributed by atoms with Crippen molar-refractivity contribution >= 4 is 6.01 Å². The van der Waals surface area contributed by atoms with E-state index in [1.54, 1.807) is 12.3 Å². The normalized spacial score (nSPS) is 11.6. The van der Waals surface area contributed by atoms with Gasteiger partial charge in [0.25, 0.3) is 6.01 Å². The average molecular weight is 253 g/mol. The Balaban J connectivity index is 2.62. The van der Waals surface area contributed by atoms with Crippen molar-refractivity contribution in [1.82, 2.24) is 10.3 Å². The average Bonchev–Trinajstić information content (AvgIpc) is 2.74. The second-order valence-electron chi connectivity index (χ2n) is 5.18. The number of hydrogen-bond donors (Lipinski definition) is 2. The fraction of sp³-hybridized carbons (Fsp3) is 0.615. The van der Waals surface area contributed by atoms with E-state index < -0.39 is 0 Å². The first-order valence-corrected chi connectivity index (χ1v) is 6.12. The summed E-state index contributed by atoms with van der Waals surface area (Å²) in [5, 5.41) is 12.3. The van der Waals surface area contributed by atoms with Crippen LogP contribution in [0.5, 0.6) is 0 Å².